The second kappa shape index (κ2) is 4.25. The number of rotatable bonds is 2. The van der Waals surface area contributed by atoms with Crippen LogP contribution in [0.4, 0.5) is 0 Å². The zero-order valence-corrected chi connectivity index (χ0v) is 9.91. The Morgan fingerprint density at radius 3 is 2.13 bits per heavy atom. The van der Waals surface area contributed by atoms with Gasteiger partial charge in [-0.1, -0.05) is 13.8 Å². The van der Waals surface area contributed by atoms with Gasteiger partial charge in [-0.25, -0.2) is 0 Å². The summed E-state index contributed by atoms with van der Waals surface area (Å²) in [7, 11) is 0. The molecular formula is C12H19NO2. The molecule has 0 N–H and O–H groups in total. The Morgan fingerprint density at radius 2 is 1.73 bits per heavy atom. The van der Waals surface area contributed by atoms with Crippen molar-refractivity contribution in [2.75, 3.05) is 0 Å². The summed E-state index contributed by atoms with van der Waals surface area (Å²) in [5.41, 5.74) is -0.170. The van der Waals surface area contributed by atoms with E-state index in [2.05, 4.69) is 4.99 Å². The first-order chi connectivity index (χ1) is 6.82. The monoisotopic (exact) mass is 209 g/mol. The van der Waals surface area contributed by atoms with Gasteiger partial charge in [-0.2, -0.15) is 0 Å². The Labute approximate surface area is 91.0 Å². The van der Waals surface area contributed by atoms with Gasteiger partial charge < -0.3 is 0 Å². The minimum atomic E-state index is -0.583. The first-order valence-electron chi connectivity index (χ1n) is 5.40. The van der Waals surface area contributed by atoms with Crippen molar-refractivity contribution in [3.05, 3.63) is 0 Å². The number of carbonyl (C=O) groups is 2. The van der Waals surface area contributed by atoms with E-state index >= 15 is 0 Å². The molecular weight excluding hydrogens is 190 g/mol. The smallest absolute Gasteiger partial charge is 0.149 e. The van der Waals surface area contributed by atoms with Crippen molar-refractivity contribution in [2.24, 2.45) is 16.3 Å². The van der Waals surface area contributed by atoms with Gasteiger partial charge in [0, 0.05) is 25.1 Å². The maximum absolute atomic E-state index is 11.7. The van der Waals surface area contributed by atoms with Crippen molar-refractivity contribution < 1.29 is 9.59 Å². The highest BCUT2D eigenvalue weighted by Gasteiger charge is 2.38. The van der Waals surface area contributed by atoms with Crippen LogP contribution in [0.3, 0.4) is 0 Å². The molecule has 84 valence electrons. The minimum absolute atomic E-state index is 0.0145. The zero-order chi connectivity index (χ0) is 11.6. The molecule has 1 aliphatic carbocycles. The highest BCUT2D eigenvalue weighted by Crippen LogP contribution is 2.33. The molecule has 0 aromatic rings. The minimum Gasteiger partial charge on any atom is -0.298 e. The molecule has 0 heterocycles. The van der Waals surface area contributed by atoms with Gasteiger partial charge in [0.25, 0.3) is 0 Å². The fourth-order valence-electron chi connectivity index (χ4n) is 1.83. The van der Waals surface area contributed by atoms with Crippen LogP contribution in [0.15, 0.2) is 4.99 Å². The van der Waals surface area contributed by atoms with Crippen LogP contribution in [0, 0.1) is 11.3 Å². The molecule has 0 aliphatic heterocycles. The Kier molecular flexibility index (Phi) is 3.42. The Morgan fingerprint density at radius 1 is 1.27 bits per heavy atom. The average molecular weight is 209 g/mol. The van der Waals surface area contributed by atoms with Crippen molar-refractivity contribution in [3.63, 3.8) is 0 Å². The molecule has 0 amide bonds. The number of Topliss-reactive ketones (excluding diaryl/α,β-unsaturated/α-hetero) is 2. The lowest BCUT2D eigenvalue weighted by Gasteiger charge is -2.30. The first-order valence-corrected chi connectivity index (χ1v) is 5.40. The third-order valence-corrected chi connectivity index (χ3v) is 2.53. The van der Waals surface area contributed by atoms with Gasteiger partial charge >= 0.3 is 0 Å². The van der Waals surface area contributed by atoms with E-state index < -0.39 is 5.92 Å². The lowest BCUT2D eigenvalue weighted by Crippen LogP contribution is -2.38. The zero-order valence-electron chi connectivity index (χ0n) is 9.91. The fourth-order valence-corrected chi connectivity index (χ4v) is 1.83. The van der Waals surface area contributed by atoms with E-state index in [-0.39, 0.29) is 23.0 Å². The van der Waals surface area contributed by atoms with Crippen LogP contribution in [0.5, 0.6) is 0 Å². The van der Waals surface area contributed by atoms with Crippen LogP contribution < -0.4 is 0 Å². The maximum Gasteiger partial charge on any atom is 0.149 e. The number of nitrogens with zero attached hydrogens (tertiary/aromatic N) is 1. The van der Waals surface area contributed by atoms with E-state index in [1.165, 1.54) is 6.21 Å². The van der Waals surface area contributed by atoms with E-state index in [4.69, 9.17) is 0 Å². The Hall–Kier alpha value is -0.990. The first kappa shape index (κ1) is 12.1. The van der Waals surface area contributed by atoms with Gasteiger partial charge in [0.2, 0.25) is 0 Å². The molecule has 0 atom stereocenters. The normalized spacial score (nSPS) is 23.0. The molecule has 1 rings (SSSR count). The number of hydrogen-bond acceptors (Lipinski definition) is 3. The lowest BCUT2D eigenvalue weighted by atomic mass is 9.72. The summed E-state index contributed by atoms with van der Waals surface area (Å²) in [4.78, 5) is 27.6. The molecule has 1 fully saturated rings. The van der Waals surface area contributed by atoms with Gasteiger partial charge in [0.15, 0.2) is 0 Å². The van der Waals surface area contributed by atoms with Crippen LogP contribution >= 0.6 is 0 Å². The molecule has 0 radical (unpaired) electrons. The van der Waals surface area contributed by atoms with E-state index in [0.717, 1.165) is 0 Å². The molecule has 0 aromatic carbocycles. The molecule has 15 heavy (non-hydrogen) atoms. The Bertz CT molecular complexity index is 283. The Balaban J connectivity index is 2.76. The third-order valence-electron chi connectivity index (χ3n) is 2.53. The van der Waals surface area contributed by atoms with E-state index in [0.29, 0.717) is 12.8 Å². The summed E-state index contributed by atoms with van der Waals surface area (Å²) in [5.74, 6) is -0.554. The van der Waals surface area contributed by atoms with Crippen LogP contribution in [-0.2, 0) is 9.59 Å². The standard InChI is InChI=1S/C12H19NO2/c1-8(2)13-7-9-10(14)5-12(3,4)6-11(9)15/h7-9H,5-6H2,1-4H3. The molecule has 0 unspecified atom stereocenters. The summed E-state index contributed by atoms with van der Waals surface area (Å²) in [6, 6.07) is 0.139. The number of aliphatic imine (C=N–C) groups is 1. The second-order valence-electron chi connectivity index (χ2n) is 5.32. The SMILES string of the molecule is CC(C)N=CC1C(=O)CC(C)(C)CC1=O. The van der Waals surface area contributed by atoms with Crippen molar-refractivity contribution >= 4 is 17.8 Å². The topological polar surface area (TPSA) is 46.5 Å². The average Bonchev–Trinajstić information content (AvgIpc) is 1.98. The molecule has 3 heteroatoms. The lowest BCUT2D eigenvalue weighted by molar-refractivity contribution is -0.136. The summed E-state index contributed by atoms with van der Waals surface area (Å²) < 4.78 is 0. The van der Waals surface area contributed by atoms with Crippen LogP contribution in [0.2, 0.25) is 0 Å². The number of hydrogen-bond donors (Lipinski definition) is 0. The van der Waals surface area contributed by atoms with Crippen LogP contribution in [-0.4, -0.2) is 23.8 Å². The van der Waals surface area contributed by atoms with Crippen molar-refractivity contribution in [1.29, 1.82) is 0 Å². The quantitative estimate of drug-likeness (QED) is 0.516. The predicted molar refractivity (Wildman–Crippen MR) is 60.1 cm³/mol. The summed E-state index contributed by atoms with van der Waals surface area (Å²) >= 11 is 0. The largest absolute Gasteiger partial charge is 0.298 e. The number of ketones is 2. The summed E-state index contributed by atoms with van der Waals surface area (Å²) in [5, 5.41) is 0. The fraction of sp³-hybridized carbons (Fsp3) is 0.750. The van der Waals surface area contributed by atoms with Gasteiger partial charge in [-0.05, 0) is 19.3 Å². The third kappa shape index (κ3) is 3.26. The molecule has 0 aromatic heterocycles. The van der Waals surface area contributed by atoms with Gasteiger partial charge in [-0.3, -0.25) is 14.6 Å². The van der Waals surface area contributed by atoms with Crippen molar-refractivity contribution in [2.45, 2.75) is 46.6 Å². The van der Waals surface area contributed by atoms with Gasteiger partial charge in [-0.15, -0.1) is 0 Å². The van der Waals surface area contributed by atoms with E-state index in [1.54, 1.807) is 0 Å². The van der Waals surface area contributed by atoms with E-state index in [1.807, 2.05) is 27.7 Å². The number of carbonyl (C=O) groups excluding carboxylic acids is 2. The molecule has 3 nitrogen and oxygen atoms in total. The van der Waals surface area contributed by atoms with Gasteiger partial charge in [0.05, 0.1) is 0 Å². The van der Waals surface area contributed by atoms with Crippen molar-refractivity contribution in [1.82, 2.24) is 0 Å². The molecule has 1 saturated carbocycles. The molecule has 0 spiro atoms. The highest BCUT2D eigenvalue weighted by molar-refractivity contribution is 6.16. The van der Waals surface area contributed by atoms with Gasteiger partial charge in [0.1, 0.15) is 17.5 Å². The molecule has 1 aliphatic rings. The second-order valence-corrected chi connectivity index (χ2v) is 5.32. The summed E-state index contributed by atoms with van der Waals surface area (Å²) in [6.45, 7) is 7.77. The van der Waals surface area contributed by atoms with E-state index in [9.17, 15) is 9.59 Å². The molecule has 0 saturated heterocycles. The predicted octanol–water partition coefficient (Wildman–Crippen LogP) is 2.04. The summed E-state index contributed by atoms with van der Waals surface area (Å²) in [6.07, 6.45) is 2.49. The van der Waals surface area contributed by atoms with Crippen molar-refractivity contribution in [3.8, 4) is 0 Å². The maximum atomic E-state index is 11.7. The van der Waals surface area contributed by atoms with Crippen LogP contribution in [0.1, 0.15) is 40.5 Å². The van der Waals surface area contributed by atoms with Crippen LogP contribution in [0.25, 0.3) is 0 Å². The molecule has 0 bridgehead atoms. The highest BCUT2D eigenvalue weighted by atomic mass is 16.2.